The summed E-state index contributed by atoms with van der Waals surface area (Å²) in [6.45, 7) is 7.21. The zero-order chi connectivity index (χ0) is 20.1. The summed E-state index contributed by atoms with van der Waals surface area (Å²) in [5.74, 6) is -0.334. The average molecular weight is 395 g/mol. The Balaban J connectivity index is 2.09. The van der Waals surface area contributed by atoms with Gasteiger partial charge in [0, 0.05) is 28.4 Å². The number of nitrogens with two attached hydrogens (primary N) is 1. The molecule has 3 nitrogen and oxygen atoms in total. The Hall–Kier alpha value is -2.33. The second kappa shape index (κ2) is 9.24. The third-order valence-electron chi connectivity index (χ3n) is 5.40. The fourth-order valence-corrected chi connectivity index (χ4v) is 4.61. The topological polar surface area (TPSA) is 48.0 Å². The molecule has 2 N–H and O–H groups in total. The quantitative estimate of drug-likeness (QED) is 0.451. The number of hydrogen-bond donors (Lipinski definition) is 1. The first kappa shape index (κ1) is 20.4. The molecule has 0 atom stereocenters. The number of aromatic nitrogens is 1. The molecule has 0 aliphatic carbocycles. The van der Waals surface area contributed by atoms with Gasteiger partial charge in [-0.25, -0.2) is 0 Å². The molecular formula is C24H30N2OS. The second-order valence-electron chi connectivity index (χ2n) is 7.45. The van der Waals surface area contributed by atoms with Gasteiger partial charge >= 0.3 is 0 Å². The number of nitrogens with zero attached hydrogens (tertiary/aromatic N) is 1. The molecule has 28 heavy (non-hydrogen) atoms. The largest absolute Gasteiger partial charge is 0.366 e. The van der Waals surface area contributed by atoms with Crippen LogP contribution in [-0.2, 0) is 19.4 Å². The van der Waals surface area contributed by atoms with Crippen LogP contribution in [0.5, 0.6) is 0 Å². The molecule has 3 aromatic rings. The van der Waals surface area contributed by atoms with Crippen LogP contribution >= 0.6 is 11.3 Å². The lowest BCUT2D eigenvalue weighted by molar-refractivity contribution is 0.1000. The Morgan fingerprint density at radius 3 is 2.43 bits per heavy atom. The molecule has 3 rings (SSSR count). The van der Waals surface area contributed by atoms with E-state index in [1.165, 1.54) is 29.0 Å². The van der Waals surface area contributed by atoms with Gasteiger partial charge < -0.3 is 10.3 Å². The number of thiophene rings is 1. The Morgan fingerprint density at radius 1 is 1.07 bits per heavy atom. The van der Waals surface area contributed by atoms with Crippen LogP contribution in [0.4, 0.5) is 0 Å². The number of rotatable bonds is 9. The van der Waals surface area contributed by atoms with Crippen LogP contribution in [0.1, 0.15) is 58.4 Å². The van der Waals surface area contributed by atoms with E-state index >= 15 is 0 Å². The van der Waals surface area contributed by atoms with Crippen molar-refractivity contribution >= 4 is 17.2 Å². The number of amides is 1. The van der Waals surface area contributed by atoms with Crippen LogP contribution in [0.25, 0.3) is 11.1 Å². The molecule has 0 radical (unpaired) electrons. The monoisotopic (exact) mass is 394 g/mol. The van der Waals surface area contributed by atoms with Crippen LogP contribution < -0.4 is 5.73 Å². The van der Waals surface area contributed by atoms with Gasteiger partial charge in [0.05, 0.1) is 5.56 Å². The minimum Gasteiger partial charge on any atom is -0.366 e. The minimum absolute atomic E-state index is 0.334. The number of carbonyl (C=O) groups is 1. The molecule has 1 aromatic carbocycles. The van der Waals surface area contributed by atoms with E-state index in [2.05, 4.69) is 60.2 Å². The molecule has 2 heterocycles. The molecule has 2 aromatic heterocycles. The smallest absolute Gasteiger partial charge is 0.251 e. The first-order valence-corrected chi connectivity index (χ1v) is 11.0. The Morgan fingerprint density at radius 2 is 1.82 bits per heavy atom. The van der Waals surface area contributed by atoms with Gasteiger partial charge in [0.15, 0.2) is 0 Å². The summed E-state index contributed by atoms with van der Waals surface area (Å²) in [6.07, 6.45) is 5.43. The van der Waals surface area contributed by atoms with E-state index in [0.29, 0.717) is 5.56 Å². The molecule has 0 bridgehead atoms. The first-order chi connectivity index (χ1) is 13.5. The van der Waals surface area contributed by atoms with E-state index in [1.807, 2.05) is 6.92 Å². The highest BCUT2D eigenvalue weighted by atomic mass is 32.1. The fraction of sp³-hybridized carbons (Fsp3) is 0.375. The van der Waals surface area contributed by atoms with Gasteiger partial charge in [0.25, 0.3) is 5.91 Å². The van der Waals surface area contributed by atoms with Crippen molar-refractivity contribution in [2.24, 2.45) is 5.73 Å². The number of carbonyl (C=O) groups excluding carboxylic acids is 1. The van der Waals surface area contributed by atoms with Gasteiger partial charge in [-0.3, -0.25) is 4.79 Å². The fourth-order valence-electron chi connectivity index (χ4n) is 3.91. The van der Waals surface area contributed by atoms with Gasteiger partial charge in [-0.05, 0) is 50.1 Å². The highest BCUT2D eigenvalue weighted by molar-refractivity contribution is 7.09. The molecule has 0 saturated heterocycles. The number of aryl methyl sites for hydroxylation is 2. The number of benzene rings is 1. The van der Waals surface area contributed by atoms with Gasteiger partial charge in [-0.1, -0.05) is 55.7 Å². The molecular weight excluding hydrogens is 364 g/mol. The predicted molar refractivity (Wildman–Crippen MR) is 119 cm³/mol. The lowest BCUT2D eigenvalue weighted by atomic mass is 9.96. The maximum atomic E-state index is 12.4. The summed E-state index contributed by atoms with van der Waals surface area (Å²) in [7, 11) is 0. The number of hydrogen-bond acceptors (Lipinski definition) is 2. The summed E-state index contributed by atoms with van der Waals surface area (Å²) < 4.78 is 2.34. The molecule has 0 aliphatic heterocycles. The standard InChI is InChI=1S/C24H30N2OS/c1-4-5-6-9-21-23(19-12-10-17(2)11-13-19)22(24(25)27)18(3)26(21)15-14-20-8-7-16-28-20/h7-8,10-13,16H,4-6,9,14-15H2,1-3H3,(H2,25,27). The Bertz CT molecular complexity index is 921. The van der Waals surface area contributed by atoms with E-state index in [4.69, 9.17) is 5.73 Å². The van der Waals surface area contributed by atoms with Crippen LogP contribution in [0, 0.1) is 13.8 Å². The van der Waals surface area contributed by atoms with Crippen molar-refractivity contribution in [2.75, 3.05) is 0 Å². The zero-order valence-electron chi connectivity index (χ0n) is 17.1. The van der Waals surface area contributed by atoms with Crippen LogP contribution in [0.15, 0.2) is 41.8 Å². The van der Waals surface area contributed by atoms with Crippen LogP contribution in [-0.4, -0.2) is 10.5 Å². The van der Waals surface area contributed by atoms with E-state index < -0.39 is 0 Å². The molecule has 0 spiro atoms. The van der Waals surface area contributed by atoms with Gasteiger partial charge in [0.2, 0.25) is 0 Å². The van der Waals surface area contributed by atoms with Crippen LogP contribution in [0.2, 0.25) is 0 Å². The third-order valence-corrected chi connectivity index (χ3v) is 6.33. The van der Waals surface area contributed by atoms with Gasteiger partial charge in [-0.2, -0.15) is 0 Å². The van der Waals surface area contributed by atoms with Crippen molar-refractivity contribution in [1.82, 2.24) is 4.57 Å². The molecule has 4 heteroatoms. The Labute approximate surface area is 172 Å². The summed E-state index contributed by atoms with van der Waals surface area (Å²) in [5.41, 5.74) is 12.1. The average Bonchev–Trinajstić information content (AvgIpc) is 3.27. The highest BCUT2D eigenvalue weighted by Gasteiger charge is 2.24. The SMILES string of the molecule is CCCCCc1c(-c2ccc(C)cc2)c(C(N)=O)c(C)n1CCc1cccs1. The van der Waals surface area contributed by atoms with Gasteiger partial charge in [0.1, 0.15) is 0 Å². The second-order valence-corrected chi connectivity index (χ2v) is 8.48. The predicted octanol–water partition coefficient (Wildman–Crippen LogP) is 5.91. The normalized spacial score (nSPS) is 11.1. The number of unbranched alkanes of at least 4 members (excludes halogenated alkanes) is 2. The summed E-state index contributed by atoms with van der Waals surface area (Å²) >= 11 is 1.79. The molecule has 0 saturated carbocycles. The highest BCUT2D eigenvalue weighted by Crippen LogP contribution is 2.34. The summed E-state index contributed by atoms with van der Waals surface area (Å²) in [4.78, 5) is 13.8. The van der Waals surface area contributed by atoms with Crippen molar-refractivity contribution in [3.63, 3.8) is 0 Å². The van der Waals surface area contributed by atoms with Crippen LogP contribution in [0.3, 0.4) is 0 Å². The maximum Gasteiger partial charge on any atom is 0.251 e. The summed E-state index contributed by atoms with van der Waals surface area (Å²) in [5, 5.41) is 2.12. The van der Waals surface area contributed by atoms with Crippen molar-refractivity contribution in [2.45, 2.75) is 59.4 Å². The van der Waals surface area contributed by atoms with Crippen molar-refractivity contribution in [1.29, 1.82) is 0 Å². The molecule has 148 valence electrons. The zero-order valence-corrected chi connectivity index (χ0v) is 17.9. The first-order valence-electron chi connectivity index (χ1n) is 10.1. The maximum absolute atomic E-state index is 12.4. The third kappa shape index (κ3) is 4.39. The minimum atomic E-state index is -0.334. The van der Waals surface area contributed by atoms with Crippen molar-refractivity contribution in [3.8, 4) is 11.1 Å². The molecule has 0 fully saturated rings. The number of primary amides is 1. The molecule has 0 aliphatic rings. The summed E-state index contributed by atoms with van der Waals surface area (Å²) in [6, 6.07) is 12.7. The Kier molecular flexibility index (Phi) is 6.74. The molecule has 0 unspecified atom stereocenters. The lowest BCUT2D eigenvalue weighted by Gasteiger charge is -2.13. The van der Waals surface area contributed by atoms with E-state index in [-0.39, 0.29) is 5.91 Å². The lowest BCUT2D eigenvalue weighted by Crippen LogP contribution is -2.13. The van der Waals surface area contributed by atoms with E-state index in [1.54, 1.807) is 11.3 Å². The van der Waals surface area contributed by atoms with E-state index in [0.717, 1.165) is 42.6 Å². The molecule has 1 amide bonds. The van der Waals surface area contributed by atoms with Gasteiger partial charge in [-0.15, -0.1) is 11.3 Å². The van der Waals surface area contributed by atoms with Crippen molar-refractivity contribution < 1.29 is 4.79 Å². The van der Waals surface area contributed by atoms with E-state index in [9.17, 15) is 4.79 Å². The van der Waals surface area contributed by atoms with Crippen molar-refractivity contribution in [3.05, 3.63) is 69.2 Å².